The summed E-state index contributed by atoms with van der Waals surface area (Å²) in [6.07, 6.45) is 0.544. The van der Waals surface area contributed by atoms with E-state index in [2.05, 4.69) is 0 Å². The Morgan fingerprint density at radius 3 is 2.50 bits per heavy atom. The van der Waals surface area contributed by atoms with Gasteiger partial charge in [-0.25, -0.2) is 0 Å². The molecule has 14 heavy (non-hydrogen) atoms. The minimum Gasteiger partial charge on any atom is -0.481 e. The highest BCUT2D eigenvalue weighted by Crippen LogP contribution is 2.54. The van der Waals surface area contributed by atoms with Crippen molar-refractivity contribution in [1.82, 2.24) is 0 Å². The number of carbonyl (C=O) groups is 1. The van der Waals surface area contributed by atoms with Crippen molar-refractivity contribution in [3.8, 4) is 0 Å². The van der Waals surface area contributed by atoms with Gasteiger partial charge in [0.15, 0.2) is 0 Å². The zero-order valence-electron chi connectivity index (χ0n) is 7.68. The average Bonchev–Trinajstić information content (AvgIpc) is 2.94. The molecule has 1 aromatic carbocycles. The number of rotatable bonds is 3. The molecule has 74 valence electrons. The fraction of sp³-hybridized carbons (Fsp3) is 0.364. The van der Waals surface area contributed by atoms with Crippen molar-refractivity contribution in [2.75, 3.05) is 6.61 Å². The Bertz CT molecular complexity index is 347. The molecule has 2 rings (SSSR count). The van der Waals surface area contributed by atoms with Gasteiger partial charge >= 0.3 is 5.97 Å². The fourth-order valence-corrected chi connectivity index (χ4v) is 2.02. The number of benzene rings is 1. The molecule has 1 aliphatic rings. The second-order valence-electron chi connectivity index (χ2n) is 3.73. The highest BCUT2D eigenvalue weighted by Gasteiger charge is 2.61. The first kappa shape index (κ1) is 9.21. The van der Waals surface area contributed by atoms with Crippen molar-refractivity contribution >= 4 is 5.97 Å². The van der Waals surface area contributed by atoms with E-state index in [-0.39, 0.29) is 12.5 Å². The van der Waals surface area contributed by atoms with Crippen LogP contribution in [0.25, 0.3) is 0 Å². The van der Waals surface area contributed by atoms with E-state index in [1.54, 1.807) is 0 Å². The zero-order valence-corrected chi connectivity index (χ0v) is 7.68. The Kier molecular flexibility index (Phi) is 2.04. The highest BCUT2D eigenvalue weighted by atomic mass is 16.4. The molecule has 0 aliphatic heterocycles. The minimum absolute atomic E-state index is 0.0544. The van der Waals surface area contributed by atoms with E-state index in [4.69, 9.17) is 10.2 Å². The largest absolute Gasteiger partial charge is 0.481 e. The summed E-state index contributed by atoms with van der Waals surface area (Å²) >= 11 is 0. The van der Waals surface area contributed by atoms with E-state index in [1.807, 2.05) is 30.3 Å². The molecule has 1 saturated carbocycles. The van der Waals surface area contributed by atoms with Crippen LogP contribution in [0.4, 0.5) is 0 Å². The predicted octanol–water partition coefficient (Wildman–Crippen LogP) is 1.02. The zero-order chi connectivity index (χ0) is 10.2. The summed E-state index contributed by atoms with van der Waals surface area (Å²) in [7, 11) is 0. The third kappa shape index (κ3) is 1.13. The number of carboxylic acids is 1. The Morgan fingerprint density at radius 2 is 2.07 bits per heavy atom. The van der Waals surface area contributed by atoms with Crippen LogP contribution in [0.1, 0.15) is 12.0 Å². The van der Waals surface area contributed by atoms with Crippen molar-refractivity contribution < 1.29 is 15.0 Å². The van der Waals surface area contributed by atoms with Gasteiger partial charge in [-0.2, -0.15) is 0 Å². The molecule has 2 atom stereocenters. The summed E-state index contributed by atoms with van der Waals surface area (Å²) in [4.78, 5) is 11.1. The first-order valence-corrected chi connectivity index (χ1v) is 4.61. The molecule has 0 heterocycles. The van der Waals surface area contributed by atoms with Gasteiger partial charge in [0, 0.05) is 12.5 Å². The van der Waals surface area contributed by atoms with Crippen LogP contribution >= 0.6 is 0 Å². The normalized spacial score (nSPS) is 29.9. The molecule has 3 heteroatoms. The first-order valence-electron chi connectivity index (χ1n) is 4.61. The maximum absolute atomic E-state index is 11.1. The van der Waals surface area contributed by atoms with Gasteiger partial charge in [-0.1, -0.05) is 30.3 Å². The topological polar surface area (TPSA) is 57.5 Å². The van der Waals surface area contributed by atoms with Gasteiger partial charge in [0.25, 0.3) is 0 Å². The maximum atomic E-state index is 11.1. The van der Waals surface area contributed by atoms with E-state index in [9.17, 15) is 4.79 Å². The Morgan fingerprint density at radius 1 is 1.43 bits per heavy atom. The maximum Gasteiger partial charge on any atom is 0.314 e. The molecular formula is C11H12O3. The monoisotopic (exact) mass is 192 g/mol. The van der Waals surface area contributed by atoms with Gasteiger partial charge in [-0.15, -0.1) is 0 Å². The smallest absolute Gasteiger partial charge is 0.314 e. The molecule has 0 saturated heterocycles. The average molecular weight is 192 g/mol. The van der Waals surface area contributed by atoms with Gasteiger partial charge in [0.2, 0.25) is 0 Å². The summed E-state index contributed by atoms with van der Waals surface area (Å²) in [6, 6.07) is 9.13. The van der Waals surface area contributed by atoms with Crippen molar-refractivity contribution in [2.45, 2.75) is 11.8 Å². The second kappa shape index (κ2) is 3.10. The van der Waals surface area contributed by atoms with Crippen LogP contribution in [0.5, 0.6) is 0 Å². The SMILES string of the molecule is O=C(O)[C@@]1(c2ccccc2)C[C@@H]1CO. The highest BCUT2D eigenvalue weighted by molar-refractivity contribution is 5.85. The van der Waals surface area contributed by atoms with E-state index >= 15 is 0 Å². The van der Waals surface area contributed by atoms with E-state index in [0.717, 1.165) is 5.56 Å². The lowest BCUT2D eigenvalue weighted by Gasteiger charge is -2.11. The van der Waals surface area contributed by atoms with Crippen molar-refractivity contribution in [3.05, 3.63) is 35.9 Å². The summed E-state index contributed by atoms with van der Waals surface area (Å²) in [5, 5.41) is 18.1. The van der Waals surface area contributed by atoms with Crippen LogP contribution < -0.4 is 0 Å². The third-order valence-electron chi connectivity index (χ3n) is 3.00. The summed E-state index contributed by atoms with van der Waals surface area (Å²) in [5.41, 5.74) is -0.0257. The van der Waals surface area contributed by atoms with Gasteiger partial charge in [-0.3, -0.25) is 4.79 Å². The molecule has 3 nitrogen and oxygen atoms in total. The lowest BCUT2D eigenvalue weighted by atomic mass is 9.93. The molecular weight excluding hydrogens is 180 g/mol. The van der Waals surface area contributed by atoms with E-state index < -0.39 is 11.4 Å². The quantitative estimate of drug-likeness (QED) is 0.751. The van der Waals surface area contributed by atoms with Crippen molar-refractivity contribution in [1.29, 1.82) is 0 Å². The fourth-order valence-electron chi connectivity index (χ4n) is 2.02. The number of carboxylic acid groups (broad SMARTS) is 1. The number of aliphatic hydroxyl groups is 1. The molecule has 0 amide bonds. The number of hydrogen-bond acceptors (Lipinski definition) is 2. The van der Waals surface area contributed by atoms with Crippen LogP contribution in [0, 0.1) is 5.92 Å². The van der Waals surface area contributed by atoms with Crippen LogP contribution in [-0.2, 0) is 10.2 Å². The molecule has 1 aromatic rings. The molecule has 0 aromatic heterocycles. The number of hydrogen-bond donors (Lipinski definition) is 2. The molecule has 2 N–H and O–H groups in total. The molecule has 0 radical (unpaired) electrons. The Balaban J connectivity index is 2.36. The van der Waals surface area contributed by atoms with Crippen molar-refractivity contribution in [3.63, 3.8) is 0 Å². The van der Waals surface area contributed by atoms with Crippen molar-refractivity contribution in [2.24, 2.45) is 5.92 Å². The molecule has 0 spiro atoms. The van der Waals surface area contributed by atoms with E-state index in [1.165, 1.54) is 0 Å². The minimum atomic E-state index is -0.831. The van der Waals surface area contributed by atoms with E-state index in [0.29, 0.717) is 6.42 Å². The molecule has 0 bridgehead atoms. The third-order valence-corrected chi connectivity index (χ3v) is 3.00. The Hall–Kier alpha value is -1.35. The van der Waals surface area contributed by atoms with Crippen LogP contribution in [0.2, 0.25) is 0 Å². The van der Waals surface area contributed by atoms with Gasteiger partial charge < -0.3 is 10.2 Å². The predicted molar refractivity (Wildman–Crippen MR) is 50.9 cm³/mol. The van der Waals surface area contributed by atoms with Crippen LogP contribution in [0.3, 0.4) is 0 Å². The number of aliphatic hydroxyl groups excluding tert-OH is 1. The molecule has 0 unspecified atom stereocenters. The molecule has 1 aliphatic carbocycles. The summed E-state index contributed by atoms with van der Waals surface area (Å²) < 4.78 is 0. The standard InChI is InChI=1S/C11H12O3/c12-7-9-6-11(9,10(13)14)8-4-2-1-3-5-8/h1-5,9,12H,6-7H2,(H,13,14)/t9-,11-/m1/s1. The number of aliphatic carboxylic acids is 1. The summed E-state index contributed by atoms with van der Waals surface area (Å²) in [6.45, 7) is -0.0544. The van der Waals surface area contributed by atoms with Crippen LogP contribution in [0.15, 0.2) is 30.3 Å². The van der Waals surface area contributed by atoms with Crippen LogP contribution in [-0.4, -0.2) is 22.8 Å². The van der Waals surface area contributed by atoms with Gasteiger partial charge in [0.1, 0.15) is 0 Å². The second-order valence-corrected chi connectivity index (χ2v) is 3.73. The molecule has 1 fully saturated rings. The summed E-state index contributed by atoms with van der Waals surface area (Å²) in [5.74, 6) is -0.954. The first-order chi connectivity index (χ1) is 6.71. The lowest BCUT2D eigenvalue weighted by molar-refractivity contribution is -0.140. The van der Waals surface area contributed by atoms with Gasteiger partial charge in [0.05, 0.1) is 5.41 Å². The Labute approximate surface area is 82.0 Å². The lowest BCUT2D eigenvalue weighted by Crippen LogP contribution is -2.23. The van der Waals surface area contributed by atoms with Gasteiger partial charge in [-0.05, 0) is 12.0 Å².